The predicted octanol–water partition coefficient (Wildman–Crippen LogP) is 4.55. The van der Waals surface area contributed by atoms with Crippen molar-refractivity contribution in [2.75, 3.05) is 13.2 Å². The van der Waals surface area contributed by atoms with Crippen molar-refractivity contribution >= 4 is 0 Å². The van der Waals surface area contributed by atoms with Gasteiger partial charge in [-0.15, -0.1) is 0 Å². The summed E-state index contributed by atoms with van der Waals surface area (Å²) in [6, 6.07) is 0. The van der Waals surface area contributed by atoms with Gasteiger partial charge in [-0.3, -0.25) is 0 Å². The summed E-state index contributed by atoms with van der Waals surface area (Å²) < 4.78 is 5.56. The molecule has 0 aromatic rings. The quantitative estimate of drug-likeness (QED) is 0.562. The third kappa shape index (κ3) is 4.55. The molecule has 0 atom stereocenters. The Morgan fingerprint density at radius 1 is 1.00 bits per heavy atom. The van der Waals surface area contributed by atoms with Crippen LogP contribution in [0.2, 0.25) is 0 Å². The first kappa shape index (κ1) is 13.0. The Morgan fingerprint density at radius 2 is 1.73 bits per heavy atom. The van der Waals surface area contributed by atoms with E-state index in [2.05, 4.69) is 13.8 Å². The highest BCUT2D eigenvalue weighted by Crippen LogP contribution is 2.42. The minimum atomic E-state index is 0.688. The molecule has 1 nitrogen and oxygen atoms in total. The highest BCUT2D eigenvalue weighted by Gasteiger charge is 2.29. The summed E-state index contributed by atoms with van der Waals surface area (Å²) in [4.78, 5) is 0. The van der Waals surface area contributed by atoms with E-state index < -0.39 is 0 Å². The summed E-state index contributed by atoms with van der Waals surface area (Å²) >= 11 is 0. The molecule has 1 saturated carbocycles. The molecule has 0 aromatic heterocycles. The van der Waals surface area contributed by atoms with Gasteiger partial charge in [0.25, 0.3) is 0 Å². The standard InChI is InChI=1S/C14H28O/c1-3-12-15-13-8-11-14(4-2)9-6-5-7-10-14/h3-13H2,1-2H3. The molecule has 1 heteroatoms. The lowest BCUT2D eigenvalue weighted by molar-refractivity contribution is 0.101. The van der Waals surface area contributed by atoms with Gasteiger partial charge < -0.3 is 4.74 Å². The third-order valence-corrected chi connectivity index (χ3v) is 4.01. The minimum absolute atomic E-state index is 0.688. The molecule has 0 aliphatic heterocycles. The van der Waals surface area contributed by atoms with Crippen LogP contribution in [0, 0.1) is 5.41 Å². The third-order valence-electron chi connectivity index (χ3n) is 4.01. The molecule has 0 N–H and O–H groups in total. The summed E-state index contributed by atoms with van der Waals surface area (Å²) in [5.41, 5.74) is 0.688. The highest BCUT2D eigenvalue weighted by atomic mass is 16.5. The summed E-state index contributed by atoms with van der Waals surface area (Å²) in [7, 11) is 0. The summed E-state index contributed by atoms with van der Waals surface area (Å²) in [5, 5.41) is 0. The number of ether oxygens (including phenoxy) is 1. The van der Waals surface area contributed by atoms with Crippen molar-refractivity contribution in [3.05, 3.63) is 0 Å². The summed E-state index contributed by atoms with van der Waals surface area (Å²) in [6.07, 6.45) is 12.5. The molecule has 0 aromatic carbocycles. The maximum atomic E-state index is 5.56. The van der Waals surface area contributed by atoms with E-state index in [1.165, 1.54) is 51.4 Å². The van der Waals surface area contributed by atoms with Crippen molar-refractivity contribution < 1.29 is 4.74 Å². The van der Waals surface area contributed by atoms with Crippen LogP contribution >= 0.6 is 0 Å². The van der Waals surface area contributed by atoms with Crippen LogP contribution in [0.5, 0.6) is 0 Å². The van der Waals surface area contributed by atoms with Crippen molar-refractivity contribution in [1.29, 1.82) is 0 Å². The van der Waals surface area contributed by atoms with Crippen LogP contribution in [0.3, 0.4) is 0 Å². The smallest absolute Gasteiger partial charge is 0.0466 e. The second kappa shape index (κ2) is 7.27. The van der Waals surface area contributed by atoms with Crippen LogP contribution in [0.1, 0.15) is 71.6 Å². The van der Waals surface area contributed by atoms with Crippen LogP contribution in [-0.4, -0.2) is 13.2 Å². The summed E-state index contributed by atoms with van der Waals surface area (Å²) in [5.74, 6) is 0. The van der Waals surface area contributed by atoms with Crippen molar-refractivity contribution in [3.63, 3.8) is 0 Å². The fraction of sp³-hybridized carbons (Fsp3) is 1.00. The van der Waals surface area contributed by atoms with Crippen molar-refractivity contribution in [3.8, 4) is 0 Å². The zero-order valence-electron chi connectivity index (χ0n) is 10.7. The Labute approximate surface area is 95.6 Å². The van der Waals surface area contributed by atoms with Crippen LogP contribution in [0.25, 0.3) is 0 Å². The second-order valence-electron chi connectivity index (χ2n) is 5.13. The van der Waals surface area contributed by atoms with Crippen LogP contribution in [-0.2, 0) is 4.74 Å². The van der Waals surface area contributed by atoms with Crippen LogP contribution in [0.15, 0.2) is 0 Å². The molecule has 0 radical (unpaired) electrons. The number of hydrogen-bond donors (Lipinski definition) is 0. The summed E-state index contributed by atoms with van der Waals surface area (Å²) in [6.45, 7) is 6.47. The Morgan fingerprint density at radius 3 is 2.33 bits per heavy atom. The van der Waals surface area contributed by atoms with E-state index in [1.54, 1.807) is 0 Å². The molecular weight excluding hydrogens is 184 g/mol. The van der Waals surface area contributed by atoms with E-state index in [-0.39, 0.29) is 0 Å². The van der Waals surface area contributed by atoms with Gasteiger partial charge in [0, 0.05) is 13.2 Å². The fourth-order valence-corrected chi connectivity index (χ4v) is 2.88. The maximum Gasteiger partial charge on any atom is 0.0466 e. The van der Waals surface area contributed by atoms with Gasteiger partial charge in [0.1, 0.15) is 0 Å². The normalized spacial score (nSPS) is 20.4. The molecule has 1 aliphatic carbocycles. The first-order valence-electron chi connectivity index (χ1n) is 6.91. The van der Waals surface area contributed by atoms with Crippen LogP contribution < -0.4 is 0 Å². The lowest BCUT2D eigenvalue weighted by atomic mass is 9.69. The first-order valence-corrected chi connectivity index (χ1v) is 6.91. The van der Waals surface area contributed by atoms with E-state index >= 15 is 0 Å². The zero-order valence-corrected chi connectivity index (χ0v) is 10.7. The molecule has 0 bridgehead atoms. The topological polar surface area (TPSA) is 9.23 Å². The molecule has 0 amide bonds. The molecule has 1 rings (SSSR count). The molecule has 0 heterocycles. The SMILES string of the molecule is CCCOCCCC1(CC)CCCCC1. The molecule has 1 fully saturated rings. The second-order valence-corrected chi connectivity index (χ2v) is 5.13. The molecule has 0 spiro atoms. The Balaban J connectivity index is 2.15. The van der Waals surface area contributed by atoms with Gasteiger partial charge in [0.15, 0.2) is 0 Å². The van der Waals surface area contributed by atoms with Gasteiger partial charge in [-0.2, -0.15) is 0 Å². The maximum absolute atomic E-state index is 5.56. The highest BCUT2D eigenvalue weighted by molar-refractivity contribution is 4.81. The van der Waals surface area contributed by atoms with E-state index in [0.29, 0.717) is 5.41 Å². The van der Waals surface area contributed by atoms with Crippen molar-refractivity contribution in [1.82, 2.24) is 0 Å². The van der Waals surface area contributed by atoms with Crippen LogP contribution in [0.4, 0.5) is 0 Å². The molecule has 15 heavy (non-hydrogen) atoms. The Hall–Kier alpha value is -0.0400. The molecule has 0 saturated heterocycles. The lowest BCUT2D eigenvalue weighted by Gasteiger charge is -2.36. The predicted molar refractivity (Wildman–Crippen MR) is 66.2 cm³/mol. The van der Waals surface area contributed by atoms with Gasteiger partial charge in [0.2, 0.25) is 0 Å². The van der Waals surface area contributed by atoms with Gasteiger partial charge in [-0.1, -0.05) is 39.5 Å². The molecular formula is C14H28O. The monoisotopic (exact) mass is 212 g/mol. The van der Waals surface area contributed by atoms with Crippen molar-refractivity contribution in [2.45, 2.75) is 71.6 Å². The average Bonchev–Trinajstić information content (AvgIpc) is 2.30. The Bertz CT molecular complexity index is 147. The van der Waals surface area contributed by atoms with E-state index in [9.17, 15) is 0 Å². The first-order chi connectivity index (χ1) is 7.33. The molecule has 0 unspecified atom stereocenters. The molecule has 1 aliphatic rings. The van der Waals surface area contributed by atoms with Gasteiger partial charge in [-0.05, 0) is 37.5 Å². The number of rotatable bonds is 7. The average molecular weight is 212 g/mol. The van der Waals surface area contributed by atoms with Gasteiger partial charge in [-0.25, -0.2) is 0 Å². The largest absolute Gasteiger partial charge is 0.381 e. The number of hydrogen-bond acceptors (Lipinski definition) is 1. The van der Waals surface area contributed by atoms with Gasteiger partial charge in [0.05, 0.1) is 0 Å². The molecule has 90 valence electrons. The Kier molecular flexibility index (Phi) is 6.31. The van der Waals surface area contributed by atoms with Gasteiger partial charge >= 0.3 is 0 Å². The minimum Gasteiger partial charge on any atom is -0.381 e. The fourth-order valence-electron chi connectivity index (χ4n) is 2.88. The van der Waals surface area contributed by atoms with Crippen molar-refractivity contribution in [2.24, 2.45) is 5.41 Å². The van der Waals surface area contributed by atoms with E-state index in [1.807, 2.05) is 0 Å². The lowest BCUT2D eigenvalue weighted by Crippen LogP contribution is -2.23. The van der Waals surface area contributed by atoms with E-state index in [4.69, 9.17) is 4.74 Å². The zero-order chi connectivity index (χ0) is 11.0. The van der Waals surface area contributed by atoms with E-state index in [0.717, 1.165) is 19.6 Å².